The second kappa shape index (κ2) is 7.19. The number of rotatable bonds is 8. The minimum atomic E-state index is -3.62. The highest BCUT2D eigenvalue weighted by Crippen LogP contribution is 2.20. The molecule has 7 heteroatoms. The maximum Gasteiger partial charge on any atom is 0.245 e. The van der Waals surface area contributed by atoms with E-state index in [9.17, 15) is 8.42 Å². The number of hydrogen-bond donors (Lipinski definition) is 2. The van der Waals surface area contributed by atoms with Gasteiger partial charge in [0, 0.05) is 13.2 Å². The molecule has 2 N–H and O–H groups in total. The molecule has 0 aliphatic carbocycles. The maximum atomic E-state index is 12.3. The molecular formula is C13H24N2O4S. The van der Waals surface area contributed by atoms with Gasteiger partial charge in [-0.25, -0.2) is 13.1 Å². The van der Waals surface area contributed by atoms with Gasteiger partial charge >= 0.3 is 0 Å². The fourth-order valence-electron chi connectivity index (χ4n) is 2.31. The van der Waals surface area contributed by atoms with Gasteiger partial charge in [0.1, 0.15) is 10.6 Å². The van der Waals surface area contributed by atoms with Crippen LogP contribution < -0.4 is 4.72 Å². The summed E-state index contributed by atoms with van der Waals surface area (Å²) in [5, 5.41) is 12.7. The summed E-state index contributed by atoms with van der Waals surface area (Å²) in [4.78, 5) is 0.116. The molecule has 0 amide bonds. The van der Waals surface area contributed by atoms with Crippen molar-refractivity contribution in [1.82, 2.24) is 9.88 Å². The Morgan fingerprint density at radius 2 is 2.00 bits per heavy atom. The standard InChI is InChI=1S/C13H24N2O4S/c1-9(2)7-12(5-6-16)8-14-20(17,18)13-10(3)15-19-11(13)4/h9,12,14,16H,5-8H2,1-4H3. The SMILES string of the molecule is Cc1noc(C)c1S(=O)(=O)NCC(CCO)CC(C)C. The average Bonchev–Trinajstić information content (AvgIpc) is 2.66. The molecule has 0 radical (unpaired) electrons. The van der Waals surface area contributed by atoms with Gasteiger partial charge in [-0.15, -0.1) is 0 Å². The van der Waals surface area contributed by atoms with E-state index in [2.05, 4.69) is 23.7 Å². The molecule has 0 bridgehead atoms. The van der Waals surface area contributed by atoms with Gasteiger partial charge in [0.05, 0.1) is 0 Å². The Morgan fingerprint density at radius 1 is 1.35 bits per heavy atom. The summed E-state index contributed by atoms with van der Waals surface area (Å²) in [7, 11) is -3.62. The summed E-state index contributed by atoms with van der Waals surface area (Å²) in [5.74, 6) is 0.864. The van der Waals surface area contributed by atoms with Crippen molar-refractivity contribution in [3.05, 3.63) is 11.5 Å². The van der Waals surface area contributed by atoms with E-state index in [4.69, 9.17) is 9.63 Å². The number of aryl methyl sites for hydroxylation is 2. The molecule has 6 nitrogen and oxygen atoms in total. The summed E-state index contributed by atoms with van der Waals surface area (Å²) in [6, 6.07) is 0. The molecule has 20 heavy (non-hydrogen) atoms. The second-order valence-electron chi connectivity index (χ2n) is 5.51. The minimum Gasteiger partial charge on any atom is -0.396 e. The van der Waals surface area contributed by atoms with E-state index in [1.165, 1.54) is 0 Å². The smallest absolute Gasteiger partial charge is 0.245 e. The zero-order valence-electron chi connectivity index (χ0n) is 12.5. The fourth-order valence-corrected chi connectivity index (χ4v) is 3.75. The summed E-state index contributed by atoms with van der Waals surface area (Å²) in [5.41, 5.74) is 0.359. The lowest BCUT2D eigenvalue weighted by molar-refractivity contribution is 0.243. The van der Waals surface area contributed by atoms with Crippen molar-refractivity contribution in [1.29, 1.82) is 0 Å². The first-order valence-electron chi connectivity index (χ1n) is 6.81. The molecule has 0 saturated heterocycles. The van der Waals surface area contributed by atoms with Crippen LogP contribution in [0.4, 0.5) is 0 Å². The van der Waals surface area contributed by atoms with E-state index in [1.54, 1.807) is 13.8 Å². The van der Waals surface area contributed by atoms with Crippen LogP contribution in [0.3, 0.4) is 0 Å². The van der Waals surface area contributed by atoms with Crippen LogP contribution in [0, 0.1) is 25.7 Å². The van der Waals surface area contributed by atoms with Crippen LogP contribution in [0.2, 0.25) is 0 Å². The van der Waals surface area contributed by atoms with Gasteiger partial charge in [0.25, 0.3) is 0 Å². The Labute approximate surface area is 120 Å². The zero-order chi connectivity index (χ0) is 15.3. The zero-order valence-corrected chi connectivity index (χ0v) is 13.3. The number of aliphatic hydroxyl groups excluding tert-OH is 1. The normalized spacial score (nSPS) is 13.9. The van der Waals surface area contributed by atoms with Crippen molar-refractivity contribution in [3.8, 4) is 0 Å². The minimum absolute atomic E-state index is 0.0600. The van der Waals surface area contributed by atoms with Crippen molar-refractivity contribution in [2.24, 2.45) is 11.8 Å². The Kier molecular flexibility index (Phi) is 6.16. The highest BCUT2D eigenvalue weighted by molar-refractivity contribution is 7.89. The molecule has 1 unspecified atom stereocenters. The summed E-state index contributed by atoms with van der Waals surface area (Å²) in [6.07, 6.45) is 1.45. The van der Waals surface area contributed by atoms with Gasteiger partial charge in [0.2, 0.25) is 10.0 Å². The molecule has 1 atom stereocenters. The number of nitrogens with zero attached hydrogens (tertiary/aromatic N) is 1. The van der Waals surface area contributed by atoms with E-state index < -0.39 is 10.0 Å². The molecule has 0 aliphatic rings. The number of aromatic nitrogens is 1. The first-order chi connectivity index (χ1) is 9.27. The maximum absolute atomic E-state index is 12.3. The van der Waals surface area contributed by atoms with Crippen LogP contribution in [0.15, 0.2) is 9.42 Å². The summed E-state index contributed by atoms with van der Waals surface area (Å²) >= 11 is 0. The van der Waals surface area contributed by atoms with Gasteiger partial charge in [0.15, 0.2) is 5.76 Å². The van der Waals surface area contributed by atoms with Crippen LogP contribution in [-0.4, -0.2) is 31.8 Å². The molecular weight excluding hydrogens is 280 g/mol. The molecule has 1 aromatic rings. The number of hydrogen-bond acceptors (Lipinski definition) is 5. The van der Waals surface area contributed by atoms with Crippen molar-refractivity contribution in [2.75, 3.05) is 13.2 Å². The Hall–Kier alpha value is -0.920. The van der Waals surface area contributed by atoms with Crippen molar-refractivity contribution in [3.63, 3.8) is 0 Å². The van der Waals surface area contributed by atoms with Crippen LogP contribution in [0.25, 0.3) is 0 Å². The first kappa shape index (κ1) is 17.1. The molecule has 0 saturated carbocycles. The van der Waals surface area contributed by atoms with E-state index >= 15 is 0 Å². The van der Waals surface area contributed by atoms with Crippen LogP contribution in [-0.2, 0) is 10.0 Å². The third-order valence-corrected chi connectivity index (χ3v) is 4.81. The van der Waals surface area contributed by atoms with E-state index in [0.29, 0.717) is 24.6 Å². The summed E-state index contributed by atoms with van der Waals surface area (Å²) in [6.45, 7) is 7.70. The van der Waals surface area contributed by atoms with Gasteiger partial charge in [-0.05, 0) is 38.5 Å². The molecule has 0 aromatic carbocycles. The fraction of sp³-hybridized carbons (Fsp3) is 0.769. The summed E-state index contributed by atoms with van der Waals surface area (Å²) < 4.78 is 32.0. The second-order valence-corrected chi connectivity index (χ2v) is 7.22. The van der Waals surface area contributed by atoms with Gasteiger partial charge in [-0.2, -0.15) is 0 Å². The number of sulfonamides is 1. The van der Waals surface area contributed by atoms with E-state index in [1.807, 2.05) is 0 Å². The molecule has 1 aromatic heterocycles. The molecule has 116 valence electrons. The number of aliphatic hydroxyl groups is 1. The van der Waals surface area contributed by atoms with E-state index in [0.717, 1.165) is 6.42 Å². The Bertz CT molecular complexity index is 503. The van der Waals surface area contributed by atoms with Crippen molar-refractivity contribution < 1.29 is 18.0 Å². The predicted molar refractivity (Wildman–Crippen MR) is 75.8 cm³/mol. The predicted octanol–water partition coefficient (Wildman–Crippen LogP) is 1.61. The van der Waals surface area contributed by atoms with Crippen molar-refractivity contribution >= 4 is 10.0 Å². The largest absolute Gasteiger partial charge is 0.396 e. The quantitative estimate of drug-likeness (QED) is 0.761. The third-order valence-electron chi connectivity index (χ3n) is 3.14. The molecule has 1 heterocycles. The number of nitrogens with one attached hydrogen (secondary N) is 1. The average molecular weight is 304 g/mol. The Morgan fingerprint density at radius 3 is 2.45 bits per heavy atom. The lowest BCUT2D eigenvalue weighted by atomic mass is 9.95. The molecule has 1 rings (SSSR count). The lowest BCUT2D eigenvalue weighted by Gasteiger charge is -2.18. The molecule has 0 aliphatic heterocycles. The lowest BCUT2D eigenvalue weighted by Crippen LogP contribution is -2.31. The highest BCUT2D eigenvalue weighted by Gasteiger charge is 2.25. The van der Waals surface area contributed by atoms with Gasteiger partial charge in [-0.1, -0.05) is 19.0 Å². The Balaban J connectivity index is 2.76. The van der Waals surface area contributed by atoms with Crippen molar-refractivity contribution in [2.45, 2.75) is 45.4 Å². The van der Waals surface area contributed by atoms with E-state index in [-0.39, 0.29) is 23.2 Å². The monoisotopic (exact) mass is 304 g/mol. The van der Waals surface area contributed by atoms with Crippen LogP contribution in [0.5, 0.6) is 0 Å². The van der Waals surface area contributed by atoms with Crippen LogP contribution in [0.1, 0.15) is 38.1 Å². The van der Waals surface area contributed by atoms with Gasteiger partial charge in [-0.3, -0.25) is 0 Å². The van der Waals surface area contributed by atoms with Crippen LogP contribution >= 0.6 is 0 Å². The van der Waals surface area contributed by atoms with Gasteiger partial charge < -0.3 is 9.63 Å². The topological polar surface area (TPSA) is 92.4 Å². The third kappa shape index (κ3) is 4.57. The molecule has 0 spiro atoms. The highest BCUT2D eigenvalue weighted by atomic mass is 32.2. The molecule has 0 fully saturated rings. The first-order valence-corrected chi connectivity index (χ1v) is 8.29.